The van der Waals surface area contributed by atoms with Gasteiger partial charge in [-0.05, 0) is 19.4 Å². The summed E-state index contributed by atoms with van der Waals surface area (Å²) in [6.07, 6.45) is -1.33. The summed E-state index contributed by atoms with van der Waals surface area (Å²) in [5, 5.41) is 2.42. The van der Waals surface area contributed by atoms with Gasteiger partial charge in [0.15, 0.2) is 5.01 Å². The highest BCUT2D eigenvalue weighted by Crippen LogP contribution is 2.33. The number of piperidine rings is 1. The predicted molar refractivity (Wildman–Crippen MR) is 84.6 cm³/mol. The number of carbonyl (C=O) groups excluding carboxylic acids is 1. The number of nitrogens with one attached hydrogen (secondary N) is 1. The molecule has 1 N–H and O–H groups in total. The van der Waals surface area contributed by atoms with E-state index < -0.39 is 11.2 Å². The van der Waals surface area contributed by atoms with E-state index in [9.17, 15) is 18.0 Å². The second-order valence-corrected chi connectivity index (χ2v) is 7.39. The Morgan fingerprint density at radius 1 is 1.33 bits per heavy atom. The molecule has 0 aliphatic carbocycles. The number of carbonyl (C=O) groups is 1. The van der Waals surface area contributed by atoms with Crippen molar-refractivity contribution in [2.45, 2.75) is 25.6 Å². The summed E-state index contributed by atoms with van der Waals surface area (Å²) in [4.78, 5) is 20.6. The van der Waals surface area contributed by atoms with Crippen molar-refractivity contribution < 1.29 is 18.0 Å². The van der Waals surface area contributed by atoms with Crippen LogP contribution in [0.2, 0.25) is 0 Å². The number of piperazine rings is 1. The van der Waals surface area contributed by atoms with Crippen LogP contribution in [-0.4, -0.2) is 60.0 Å². The fraction of sp³-hybridized carbons (Fsp3) is 0.733. The van der Waals surface area contributed by atoms with Gasteiger partial charge in [0, 0.05) is 50.3 Å². The number of rotatable bonds is 3. The van der Waals surface area contributed by atoms with Crippen LogP contribution in [0.15, 0.2) is 6.20 Å². The summed E-state index contributed by atoms with van der Waals surface area (Å²) < 4.78 is 37.9. The Balaban J connectivity index is 1.57. The minimum absolute atomic E-state index is 0.0492. The molecule has 0 aromatic carbocycles. The van der Waals surface area contributed by atoms with Gasteiger partial charge in [-0.2, -0.15) is 13.2 Å². The number of halogens is 3. The molecular formula is C15H21F3N4OS. The van der Waals surface area contributed by atoms with Crippen LogP contribution in [0.1, 0.15) is 22.7 Å². The van der Waals surface area contributed by atoms with E-state index in [1.54, 1.807) is 0 Å². The van der Waals surface area contributed by atoms with Crippen LogP contribution in [0, 0.1) is 5.92 Å². The molecule has 134 valence electrons. The van der Waals surface area contributed by atoms with Crippen LogP contribution in [0.5, 0.6) is 0 Å². The average Bonchev–Trinajstić information content (AvgIpc) is 3.04. The first-order valence-corrected chi connectivity index (χ1v) is 8.99. The van der Waals surface area contributed by atoms with E-state index in [0.717, 1.165) is 45.6 Å². The molecule has 0 radical (unpaired) electrons. The molecule has 24 heavy (non-hydrogen) atoms. The highest BCUT2D eigenvalue weighted by atomic mass is 32.1. The van der Waals surface area contributed by atoms with Crippen LogP contribution in [0.25, 0.3) is 0 Å². The summed E-state index contributed by atoms with van der Waals surface area (Å²) in [6.45, 7) is 4.97. The van der Waals surface area contributed by atoms with E-state index in [0.29, 0.717) is 29.3 Å². The number of hydrogen-bond donors (Lipinski definition) is 1. The van der Waals surface area contributed by atoms with E-state index >= 15 is 0 Å². The molecule has 2 aliphatic heterocycles. The smallest absolute Gasteiger partial charge is 0.340 e. The number of alkyl halides is 3. The standard InChI is InChI=1S/C15H21F3N4OS/c16-15(17,18)14-20-8-12(24-14)10-21-5-1-2-11(9-21)13(23)22-6-3-19-4-7-22/h8,11,19H,1-7,9-10H2. The molecular weight excluding hydrogens is 341 g/mol. The monoisotopic (exact) mass is 362 g/mol. The molecule has 0 spiro atoms. The van der Waals surface area contributed by atoms with E-state index in [1.807, 2.05) is 4.90 Å². The third kappa shape index (κ3) is 4.25. The summed E-state index contributed by atoms with van der Waals surface area (Å²) in [7, 11) is 0. The number of amides is 1. The van der Waals surface area contributed by atoms with Gasteiger partial charge in [-0.3, -0.25) is 9.69 Å². The predicted octanol–water partition coefficient (Wildman–Crippen LogP) is 1.81. The molecule has 2 fully saturated rings. The maximum atomic E-state index is 12.6. The Morgan fingerprint density at radius 3 is 2.75 bits per heavy atom. The van der Waals surface area contributed by atoms with E-state index in [4.69, 9.17) is 0 Å². The van der Waals surface area contributed by atoms with Crippen molar-refractivity contribution in [2.75, 3.05) is 39.3 Å². The van der Waals surface area contributed by atoms with Gasteiger partial charge in [0.25, 0.3) is 0 Å². The van der Waals surface area contributed by atoms with Gasteiger partial charge in [-0.1, -0.05) is 0 Å². The van der Waals surface area contributed by atoms with Crippen LogP contribution in [0.3, 0.4) is 0 Å². The van der Waals surface area contributed by atoms with Gasteiger partial charge in [0.05, 0.1) is 5.92 Å². The number of thiazole rings is 1. The third-order valence-electron chi connectivity index (χ3n) is 4.46. The van der Waals surface area contributed by atoms with E-state index in [-0.39, 0.29) is 11.8 Å². The van der Waals surface area contributed by atoms with Crippen LogP contribution in [-0.2, 0) is 17.5 Å². The molecule has 5 nitrogen and oxygen atoms in total. The zero-order valence-corrected chi connectivity index (χ0v) is 14.1. The number of hydrogen-bond acceptors (Lipinski definition) is 5. The maximum Gasteiger partial charge on any atom is 0.443 e. The van der Waals surface area contributed by atoms with Gasteiger partial charge in [-0.25, -0.2) is 4.98 Å². The van der Waals surface area contributed by atoms with Gasteiger partial charge < -0.3 is 10.2 Å². The lowest BCUT2D eigenvalue weighted by Gasteiger charge is -2.36. The van der Waals surface area contributed by atoms with Crippen molar-refractivity contribution in [3.63, 3.8) is 0 Å². The van der Waals surface area contributed by atoms with Gasteiger partial charge in [0.1, 0.15) is 0 Å². The zero-order valence-electron chi connectivity index (χ0n) is 13.3. The van der Waals surface area contributed by atoms with Crippen molar-refractivity contribution in [2.24, 2.45) is 5.92 Å². The summed E-state index contributed by atoms with van der Waals surface area (Å²) >= 11 is 0.690. The van der Waals surface area contributed by atoms with Crippen molar-refractivity contribution >= 4 is 17.2 Å². The van der Waals surface area contributed by atoms with Crippen molar-refractivity contribution in [3.8, 4) is 0 Å². The van der Waals surface area contributed by atoms with Crippen LogP contribution < -0.4 is 5.32 Å². The normalized spacial score (nSPS) is 23.5. The Hall–Kier alpha value is -1.19. The number of aromatic nitrogens is 1. The topological polar surface area (TPSA) is 48.5 Å². The van der Waals surface area contributed by atoms with Crippen molar-refractivity contribution in [1.82, 2.24) is 20.1 Å². The van der Waals surface area contributed by atoms with E-state index in [2.05, 4.69) is 15.2 Å². The fourth-order valence-corrected chi connectivity index (χ4v) is 4.10. The molecule has 0 saturated carbocycles. The van der Waals surface area contributed by atoms with Gasteiger partial charge in [-0.15, -0.1) is 11.3 Å². The minimum atomic E-state index is -4.38. The lowest BCUT2D eigenvalue weighted by Crippen LogP contribution is -2.51. The SMILES string of the molecule is O=C(C1CCCN(Cc2cnc(C(F)(F)F)s2)C1)N1CCNCC1. The van der Waals surface area contributed by atoms with Crippen molar-refractivity contribution in [1.29, 1.82) is 0 Å². The number of nitrogens with zero attached hydrogens (tertiary/aromatic N) is 3. The molecule has 1 unspecified atom stereocenters. The molecule has 1 amide bonds. The molecule has 3 heterocycles. The molecule has 3 rings (SSSR count). The Bertz CT molecular complexity index is 571. The molecule has 0 bridgehead atoms. The first-order chi connectivity index (χ1) is 11.4. The highest BCUT2D eigenvalue weighted by Gasteiger charge is 2.35. The zero-order chi connectivity index (χ0) is 17.2. The maximum absolute atomic E-state index is 12.6. The average molecular weight is 362 g/mol. The Labute approximate surface area is 142 Å². The van der Waals surface area contributed by atoms with Crippen LogP contribution in [0.4, 0.5) is 13.2 Å². The first-order valence-electron chi connectivity index (χ1n) is 8.17. The largest absolute Gasteiger partial charge is 0.443 e. The summed E-state index contributed by atoms with van der Waals surface area (Å²) in [6, 6.07) is 0. The molecule has 9 heteroatoms. The van der Waals surface area contributed by atoms with Gasteiger partial charge in [0.2, 0.25) is 5.91 Å². The fourth-order valence-electron chi connectivity index (χ4n) is 3.28. The molecule has 1 aromatic rings. The van der Waals surface area contributed by atoms with E-state index in [1.165, 1.54) is 6.20 Å². The minimum Gasteiger partial charge on any atom is -0.340 e. The number of likely N-dealkylation sites (tertiary alicyclic amines) is 1. The van der Waals surface area contributed by atoms with Crippen molar-refractivity contribution in [3.05, 3.63) is 16.1 Å². The summed E-state index contributed by atoms with van der Waals surface area (Å²) in [5.74, 6) is 0.133. The van der Waals surface area contributed by atoms with Gasteiger partial charge >= 0.3 is 6.18 Å². The molecule has 1 aromatic heterocycles. The Kier molecular flexibility index (Phi) is 5.41. The molecule has 2 aliphatic rings. The second kappa shape index (κ2) is 7.37. The first kappa shape index (κ1) is 17.6. The molecule has 2 saturated heterocycles. The highest BCUT2D eigenvalue weighted by molar-refractivity contribution is 7.11. The lowest BCUT2D eigenvalue weighted by atomic mass is 9.96. The second-order valence-electron chi connectivity index (χ2n) is 6.28. The Morgan fingerprint density at radius 2 is 2.08 bits per heavy atom. The molecule has 1 atom stereocenters. The van der Waals surface area contributed by atoms with Crippen LogP contribution >= 0.6 is 11.3 Å². The summed E-state index contributed by atoms with van der Waals surface area (Å²) in [5.41, 5.74) is 0. The quantitative estimate of drug-likeness (QED) is 0.891. The third-order valence-corrected chi connectivity index (χ3v) is 5.49. The lowest BCUT2D eigenvalue weighted by molar-refractivity contribution is -0.138.